The van der Waals surface area contributed by atoms with Crippen molar-refractivity contribution in [1.29, 1.82) is 0 Å². The largest absolute Gasteiger partial charge is 0.387 e. The van der Waals surface area contributed by atoms with Crippen LogP contribution in [-0.2, 0) is 14.9 Å². The fourth-order valence-electron chi connectivity index (χ4n) is 5.89. The van der Waals surface area contributed by atoms with Crippen molar-refractivity contribution in [2.45, 2.75) is 206 Å². The van der Waals surface area contributed by atoms with Gasteiger partial charge in [-0.25, -0.2) is 0 Å². The van der Waals surface area contributed by atoms with E-state index in [4.69, 9.17) is 0 Å². The molecule has 0 spiro atoms. The van der Waals surface area contributed by atoms with Gasteiger partial charge in [0.05, 0.1) is 17.9 Å². The number of unbranched alkanes of at least 4 members (excludes halogenated alkanes) is 22. The number of amides is 1. The first-order chi connectivity index (χ1) is 23.8. The molecule has 2 atom stereocenters. The Kier molecular flexibility index (Phi) is 34.9. The first-order valence-corrected chi connectivity index (χ1v) is 21.9. The summed E-state index contributed by atoms with van der Waals surface area (Å²) < 4.78 is 32.4. The van der Waals surface area contributed by atoms with Crippen molar-refractivity contribution < 1.29 is 22.9 Å². The minimum absolute atomic E-state index is 0.281. The zero-order valence-electron chi connectivity index (χ0n) is 31.8. The molecule has 0 aliphatic heterocycles. The monoisotopic (exact) mass is 708 g/mol. The maximum Gasteiger partial charge on any atom is 0.267 e. The third kappa shape index (κ3) is 37.4. The van der Waals surface area contributed by atoms with Gasteiger partial charge in [-0.3, -0.25) is 9.35 Å². The van der Waals surface area contributed by atoms with Gasteiger partial charge in [0.1, 0.15) is 0 Å². The fourth-order valence-corrected chi connectivity index (χ4v) is 6.62. The van der Waals surface area contributed by atoms with Crippen molar-refractivity contribution in [2.75, 3.05) is 5.75 Å². The topological polar surface area (TPSA) is 104 Å². The second kappa shape index (κ2) is 36.1. The van der Waals surface area contributed by atoms with E-state index in [1.54, 1.807) is 6.08 Å². The molecule has 0 radical (unpaired) electrons. The third-order valence-electron chi connectivity index (χ3n) is 8.96. The minimum atomic E-state index is -4.36. The zero-order chi connectivity index (χ0) is 36.1. The molecule has 0 rings (SSSR count). The first kappa shape index (κ1) is 47.3. The Morgan fingerprint density at radius 1 is 0.531 bits per heavy atom. The Balaban J connectivity index is 3.93. The molecule has 0 saturated carbocycles. The molecule has 0 fully saturated rings. The molecule has 0 aromatic rings. The van der Waals surface area contributed by atoms with Crippen molar-refractivity contribution in [3.8, 4) is 0 Å². The quantitative estimate of drug-likeness (QED) is 0.0342. The number of carbonyl (C=O) groups is 1. The van der Waals surface area contributed by atoms with Crippen LogP contribution in [0.3, 0.4) is 0 Å². The van der Waals surface area contributed by atoms with Crippen molar-refractivity contribution >= 4 is 16.0 Å². The summed E-state index contributed by atoms with van der Waals surface area (Å²) in [6, 6.07) is -1.08. The molecular weight excluding hydrogens is 631 g/mol. The van der Waals surface area contributed by atoms with Crippen LogP contribution < -0.4 is 5.32 Å². The average Bonchev–Trinajstić information content (AvgIpc) is 3.06. The molecular formula is C42H77NO5S. The number of carbonyl (C=O) groups excluding carboxylic acids is 1. The van der Waals surface area contributed by atoms with E-state index in [0.29, 0.717) is 6.42 Å². The summed E-state index contributed by atoms with van der Waals surface area (Å²) in [6.07, 6.45) is 48.1. The molecule has 1 amide bonds. The molecule has 0 aliphatic rings. The Labute approximate surface area is 303 Å². The van der Waals surface area contributed by atoms with E-state index in [0.717, 1.165) is 44.9 Å². The average molecular weight is 708 g/mol. The predicted molar refractivity (Wildman–Crippen MR) is 212 cm³/mol. The van der Waals surface area contributed by atoms with E-state index in [1.807, 2.05) is 0 Å². The SMILES string of the molecule is CCCCC/C=C/CC/C=C/CC/C=C/C(O)C(CS(=O)(=O)O)NC(=O)CCCCCCCCCCC/C=C\CCCCCCCCCC. The van der Waals surface area contributed by atoms with Gasteiger partial charge in [0.15, 0.2) is 0 Å². The van der Waals surface area contributed by atoms with E-state index < -0.39 is 28.0 Å². The highest BCUT2D eigenvalue weighted by atomic mass is 32.2. The number of hydrogen-bond acceptors (Lipinski definition) is 4. The van der Waals surface area contributed by atoms with Crippen LogP contribution in [-0.4, -0.2) is 41.9 Å². The van der Waals surface area contributed by atoms with E-state index in [2.05, 4.69) is 55.6 Å². The number of aliphatic hydroxyl groups is 1. The van der Waals surface area contributed by atoms with Gasteiger partial charge in [-0.1, -0.05) is 165 Å². The van der Waals surface area contributed by atoms with Gasteiger partial charge < -0.3 is 10.4 Å². The summed E-state index contributed by atoms with van der Waals surface area (Å²) in [7, 11) is -4.36. The van der Waals surface area contributed by atoms with Crippen molar-refractivity contribution in [1.82, 2.24) is 5.32 Å². The highest BCUT2D eigenvalue weighted by molar-refractivity contribution is 7.85. The van der Waals surface area contributed by atoms with E-state index in [9.17, 15) is 22.9 Å². The second-order valence-corrected chi connectivity index (χ2v) is 15.4. The smallest absolute Gasteiger partial charge is 0.267 e. The number of rotatable bonds is 36. The molecule has 49 heavy (non-hydrogen) atoms. The van der Waals surface area contributed by atoms with Crippen molar-refractivity contribution in [3.05, 3.63) is 48.6 Å². The van der Waals surface area contributed by atoms with Gasteiger partial charge in [-0.05, 0) is 70.6 Å². The highest BCUT2D eigenvalue weighted by Gasteiger charge is 2.24. The van der Waals surface area contributed by atoms with Crippen LogP contribution in [0.4, 0.5) is 0 Å². The number of aliphatic hydroxyl groups excluding tert-OH is 1. The molecule has 0 aliphatic carbocycles. The van der Waals surface area contributed by atoms with Gasteiger partial charge in [0, 0.05) is 6.42 Å². The lowest BCUT2D eigenvalue weighted by molar-refractivity contribution is -0.122. The summed E-state index contributed by atoms with van der Waals surface area (Å²) in [6.45, 7) is 4.48. The summed E-state index contributed by atoms with van der Waals surface area (Å²) in [5.74, 6) is -1.01. The Bertz CT molecular complexity index is 956. The summed E-state index contributed by atoms with van der Waals surface area (Å²) in [4.78, 5) is 12.5. The van der Waals surface area contributed by atoms with Crippen LogP contribution in [0.5, 0.6) is 0 Å². The second-order valence-electron chi connectivity index (χ2n) is 13.9. The number of allylic oxidation sites excluding steroid dienone is 7. The molecule has 286 valence electrons. The van der Waals surface area contributed by atoms with Crippen LogP contribution in [0.1, 0.15) is 194 Å². The van der Waals surface area contributed by atoms with Gasteiger partial charge in [-0.15, -0.1) is 0 Å². The Morgan fingerprint density at radius 3 is 1.33 bits per heavy atom. The van der Waals surface area contributed by atoms with Gasteiger partial charge in [0.2, 0.25) is 5.91 Å². The molecule has 0 aromatic carbocycles. The summed E-state index contributed by atoms with van der Waals surface area (Å²) in [5, 5.41) is 13.2. The van der Waals surface area contributed by atoms with Crippen LogP contribution in [0.15, 0.2) is 48.6 Å². The number of nitrogens with one attached hydrogen (secondary N) is 1. The van der Waals surface area contributed by atoms with Crippen molar-refractivity contribution in [2.24, 2.45) is 0 Å². The Hall–Kier alpha value is -1.70. The number of hydrogen-bond donors (Lipinski definition) is 3. The normalized spacial score (nSPS) is 13.8. The Morgan fingerprint density at radius 2 is 0.878 bits per heavy atom. The summed E-state index contributed by atoms with van der Waals surface area (Å²) in [5.41, 5.74) is 0. The van der Waals surface area contributed by atoms with Crippen molar-refractivity contribution in [3.63, 3.8) is 0 Å². The molecule has 7 heteroatoms. The first-order valence-electron chi connectivity index (χ1n) is 20.3. The molecule has 0 heterocycles. The lowest BCUT2D eigenvalue weighted by atomic mass is 10.0. The predicted octanol–water partition coefficient (Wildman–Crippen LogP) is 11.9. The van der Waals surface area contributed by atoms with Crippen LogP contribution in [0.25, 0.3) is 0 Å². The standard InChI is InChI=1S/C42H77NO5S/c1-3-5-7-9-11-13-15-17-18-19-20-21-22-23-24-26-28-30-32-34-36-38-42(45)43-40(39-49(46,47)48)41(44)37-35-33-31-29-27-25-16-14-12-10-8-6-4-2/h12,14,19-20,27,29,35,37,40-41,44H,3-11,13,15-18,21-26,28,30-34,36,38-39H2,1-2H3,(H,43,45)(H,46,47,48)/b14-12+,20-19-,29-27+,37-35+. The van der Waals surface area contributed by atoms with Crippen LogP contribution >= 0.6 is 0 Å². The fraction of sp³-hybridized carbons (Fsp3) is 0.786. The van der Waals surface area contributed by atoms with Gasteiger partial charge in [-0.2, -0.15) is 8.42 Å². The lowest BCUT2D eigenvalue weighted by Gasteiger charge is -2.21. The molecule has 3 N–H and O–H groups in total. The molecule has 6 nitrogen and oxygen atoms in total. The molecule has 2 unspecified atom stereocenters. The van der Waals surface area contributed by atoms with Gasteiger partial charge in [0.25, 0.3) is 10.1 Å². The third-order valence-corrected chi connectivity index (χ3v) is 9.74. The zero-order valence-corrected chi connectivity index (χ0v) is 32.6. The minimum Gasteiger partial charge on any atom is -0.387 e. The van der Waals surface area contributed by atoms with Gasteiger partial charge >= 0.3 is 0 Å². The molecule has 0 saturated heterocycles. The van der Waals surface area contributed by atoms with Crippen LogP contribution in [0, 0.1) is 0 Å². The highest BCUT2D eigenvalue weighted by Crippen LogP contribution is 2.13. The molecule has 0 bridgehead atoms. The van der Waals surface area contributed by atoms with Crippen LogP contribution in [0.2, 0.25) is 0 Å². The van der Waals surface area contributed by atoms with E-state index >= 15 is 0 Å². The van der Waals surface area contributed by atoms with E-state index in [-0.39, 0.29) is 12.3 Å². The maximum atomic E-state index is 12.5. The molecule has 0 aromatic heterocycles. The summed E-state index contributed by atoms with van der Waals surface area (Å²) >= 11 is 0. The maximum absolute atomic E-state index is 12.5. The lowest BCUT2D eigenvalue weighted by Crippen LogP contribution is -2.46. The van der Waals surface area contributed by atoms with E-state index in [1.165, 1.54) is 128 Å².